The molecular weight excluding hydrogens is 308 g/mol. The van der Waals surface area contributed by atoms with Gasteiger partial charge in [0.15, 0.2) is 5.13 Å². The van der Waals surface area contributed by atoms with E-state index in [9.17, 15) is 4.79 Å². The largest absolute Gasteiger partial charge is 0.348 e. The zero-order valence-electron chi connectivity index (χ0n) is 13.2. The number of imidazole rings is 1. The van der Waals surface area contributed by atoms with Crippen LogP contribution < -0.4 is 5.32 Å². The number of amides is 1. The molecule has 1 saturated carbocycles. The molecule has 0 spiro atoms. The molecular formula is C17H22N4OS. The van der Waals surface area contributed by atoms with Crippen LogP contribution in [0.15, 0.2) is 12.5 Å². The van der Waals surface area contributed by atoms with Crippen molar-refractivity contribution in [1.29, 1.82) is 0 Å². The summed E-state index contributed by atoms with van der Waals surface area (Å²) in [5.74, 6) is 0.522. The second kappa shape index (κ2) is 6.43. The first-order chi connectivity index (χ1) is 11.3. The van der Waals surface area contributed by atoms with E-state index in [4.69, 9.17) is 0 Å². The van der Waals surface area contributed by atoms with Gasteiger partial charge in [-0.3, -0.25) is 4.79 Å². The summed E-state index contributed by atoms with van der Waals surface area (Å²) in [4.78, 5) is 25.9. The fourth-order valence-electron chi connectivity index (χ4n) is 3.82. The number of fused-ring (bicyclic) bond motifs is 1. The number of anilines is 1. The average molecular weight is 330 g/mol. The minimum absolute atomic E-state index is 0.0302. The van der Waals surface area contributed by atoms with Crippen molar-refractivity contribution in [1.82, 2.24) is 15.0 Å². The highest BCUT2D eigenvalue weighted by molar-refractivity contribution is 7.15. The van der Waals surface area contributed by atoms with Gasteiger partial charge >= 0.3 is 0 Å². The number of aromatic amines is 1. The molecule has 2 aromatic heterocycles. The second-order valence-corrected chi connectivity index (χ2v) is 7.67. The number of rotatable bonds is 3. The van der Waals surface area contributed by atoms with Crippen molar-refractivity contribution in [2.75, 3.05) is 5.32 Å². The van der Waals surface area contributed by atoms with Crippen LogP contribution in [-0.4, -0.2) is 20.9 Å². The van der Waals surface area contributed by atoms with E-state index in [1.54, 1.807) is 17.7 Å². The molecule has 0 bridgehead atoms. The number of hydrogen-bond donors (Lipinski definition) is 2. The molecule has 0 aliphatic heterocycles. The van der Waals surface area contributed by atoms with Crippen LogP contribution >= 0.6 is 11.3 Å². The third-order valence-corrected chi connectivity index (χ3v) is 6.15. The Labute approximate surface area is 139 Å². The Balaban J connectivity index is 1.44. The first kappa shape index (κ1) is 14.9. The number of nitrogens with zero attached hydrogens (tertiary/aromatic N) is 2. The van der Waals surface area contributed by atoms with Crippen molar-refractivity contribution in [2.45, 2.75) is 63.2 Å². The van der Waals surface area contributed by atoms with E-state index < -0.39 is 0 Å². The molecule has 0 radical (unpaired) electrons. The maximum Gasteiger partial charge on any atom is 0.235 e. The van der Waals surface area contributed by atoms with E-state index in [2.05, 4.69) is 20.3 Å². The Hall–Kier alpha value is -1.69. The van der Waals surface area contributed by atoms with E-state index in [0.29, 0.717) is 5.92 Å². The van der Waals surface area contributed by atoms with Gasteiger partial charge in [0.1, 0.15) is 0 Å². The molecule has 1 atom stereocenters. The fraction of sp³-hybridized carbons (Fsp3) is 0.588. The topological polar surface area (TPSA) is 70.7 Å². The van der Waals surface area contributed by atoms with Crippen LogP contribution in [0.1, 0.15) is 73.0 Å². The predicted octanol–water partition coefficient (Wildman–Crippen LogP) is 3.97. The van der Waals surface area contributed by atoms with Crippen LogP contribution in [0.4, 0.5) is 5.13 Å². The lowest BCUT2D eigenvalue weighted by Crippen LogP contribution is -2.24. The van der Waals surface area contributed by atoms with Gasteiger partial charge in [0.05, 0.1) is 17.9 Å². The summed E-state index contributed by atoms with van der Waals surface area (Å²) in [5, 5.41) is 3.75. The maximum absolute atomic E-state index is 12.6. The van der Waals surface area contributed by atoms with E-state index in [1.807, 2.05) is 6.20 Å². The highest BCUT2D eigenvalue weighted by Gasteiger charge is 2.29. The molecule has 1 unspecified atom stereocenters. The number of nitrogens with one attached hydrogen (secondary N) is 2. The Bertz CT molecular complexity index is 686. The highest BCUT2D eigenvalue weighted by Crippen LogP contribution is 2.37. The van der Waals surface area contributed by atoms with Gasteiger partial charge in [-0.1, -0.05) is 19.3 Å². The Morgan fingerprint density at radius 2 is 2.04 bits per heavy atom. The molecule has 5 nitrogen and oxygen atoms in total. The molecule has 122 valence electrons. The van der Waals surface area contributed by atoms with Crippen molar-refractivity contribution in [3.05, 3.63) is 28.8 Å². The van der Waals surface area contributed by atoms with Crippen LogP contribution in [0.3, 0.4) is 0 Å². The first-order valence-electron chi connectivity index (χ1n) is 8.60. The number of carbonyl (C=O) groups excluding carboxylic acids is 1. The lowest BCUT2D eigenvalue weighted by Gasteiger charge is -2.20. The number of aryl methyl sites for hydroxylation is 1. The number of H-pyrrole nitrogens is 1. The predicted molar refractivity (Wildman–Crippen MR) is 90.8 cm³/mol. The summed E-state index contributed by atoms with van der Waals surface area (Å²) >= 11 is 1.64. The molecule has 23 heavy (non-hydrogen) atoms. The smallest absolute Gasteiger partial charge is 0.235 e. The molecule has 4 rings (SSSR count). The normalized spacial score (nSPS) is 21.8. The van der Waals surface area contributed by atoms with Gasteiger partial charge in [-0.15, -0.1) is 11.3 Å². The van der Waals surface area contributed by atoms with E-state index >= 15 is 0 Å². The van der Waals surface area contributed by atoms with Gasteiger partial charge in [0.25, 0.3) is 0 Å². The van der Waals surface area contributed by atoms with Gasteiger partial charge < -0.3 is 10.3 Å². The molecule has 2 aliphatic rings. The lowest BCUT2D eigenvalue weighted by atomic mass is 9.89. The van der Waals surface area contributed by atoms with E-state index in [0.717, 1.165) is 35.8 Å². The summed E-state index contributed by atoms with van der Waals surface area (Å²) in [6, 6.07) is 0. The molecule has 2 aliphatic carbocycles. The van der Waals surface area contributed by atoms with Crippen LogP contribution in [-0.2, 0) is 11.2 Å². The molecule has 2 heterocycles. The van der Waals surface area contributed by atoms with Gasteiger partial charge in [-0.05, 0) is 38.0 Å². The molecule has 2 N–H and O–H groups in total. The number of carbonyl (C=O) groups is 1. The van der Waals surface area contributed by atoms with Crippen LogP contribution in [0, 0.1) is 0 Å². The zero-order valence-corrected chi connectivity index (χ0v) is 14.0. The quantitative estimate of drug-likeness (QED) is 0.894. The third-order valence-electron chi connectivity index (χ3n) is 5.08. The fourth-order valence-corrected chi connectivity index (χ4v) is 4.81. The molecule has 2 aromatic rings. The van der Waals surface area contributed by atoms with Crippen LogP contribution in [0.25, 0.3) is 0 Å². The van der Waals surface area contributed by atoms with E-state index in [-0.39, 0.29) is 11.8 Å². The molecule has 0 saturated heterocycles. The van der Waals surface area contributed by atoms with Crippen molar-refractivity contribution in [3.63, 3.8) is 0 Å². The zero-order chi connectivity index (χ0) is 15.6. The minimum atomic E-state index is -0.146. The SMILES string of the molecule is O=C(Nc1ncc(C2CCCCC2)s1)C1CCCc2[nH]cnc21. The van der Waals surface area contributed by atoms with Crippen LogP contribution in [0.2, 0.25) is 0 Å². The second-order valence-electron chi connectivity index (χ2n) is 6.60. The average Bonchev–Trinajstić information content (AvgIpc) is 3.24. The lowest BCUT2D eigenvalue weighted by molar-refractivity contribution is -0.118. The monoisotopic (exact) mass is 330 g/mol. The molecule has 0 aromatic carbocycles. The standard InChI is InChI=1S/C17H22N4OS/c22-16(12-7-4-8-13-15(12)20-10-19-13)21-17-18-9-14(23-17)11-5-2-1-3-6-11/h9-12H,1-8H2,(H,19,20)(H,18,21,22). The van der Waals surface area contributed by atoms with Gasteiger partial charge in [-0.25, -0.2) is 9.97 Å². The van der Waals surface area contributed by atoms with E-state index in [1.165, 1.54) is 37.0 Å². The van der Waals surface area contributed by atoms with Gasteiger partial charge in [0.2, 0.25) is 5.91 Å². The number of aromatic nitrogens is 3. The molecule has 1 fully saturated rings. The number of hydrogen-bond acceptors (Lipinski definition) is 4. The summed E-state index contributed by atoms with van der Waals surface area (Å²) in [7, 11) is 0. The maximum atomic E-state index is 12.6. The van der Waals surface area contributed by atoms with Crippen molar-refractivity contribution >= 4 is 22.4 Å². The first-order valence-corrected chi connectivity index (χ1v) is 9.41. The van der Waals surface area contributed by atoms with Crippen molar-refractivity contribution < 1.29 is 4.79 Å². The summed E-state index contributed by atoms with van der Waals surface area (Å²) in [6.07, 6.45) is 13.0. The van der Waals surface area contributed by atoms with Crippen LogP contribution in [0.5, 0.6) is 0 Å². The molecule has 6 heteroatoms. The highest BCUT2D eigenvalue weighted by atomic mass is 32.1. The van der Waals surface area contributed by atoms with Crippen molar-refractivity contribution in [2.24, 2.45) is 0 Å². The minimum Gasteiger partial charge on any atom is -0.348 e. The van der Waals surface area contributed by atoms with Gasteiger partial charge in [0, 0.05) is 16.8 Å². The third kappa shape index (κ3) is 3.04. The Kier molecular flexibility index (Phi) is 4.16. The van der Waals surface area contributed by atoms with Gasteiger partial charge in [-0.2, -0.15) is 0 Å². The summed E-state index contributed by atoms with van der Waals surface area (Å²) < 4.78 is 0. The Morgan fingerprint density at radius 3 is 2.91 bits per heavy atom. The number of thiazole rings is 1. The molecule has 1 amide bonds. The summed E-state index contributed by atoms with van der Waals surface area (Å²) in [5.41, 5.74) is 2.02. The summed E-state index contributed by atoms with van der Waals surface area (Å²) in [6.45, 7) is 0. The Morgan fingerprint density at radius 1 is 1.17 bits per heavy atom. The van der Waals surface area contributed by atoms with Crippen molar-refractivity contribution in [3.8, 4) is 0 Å².